The third-order valence-electron chi connectivity index (χ3n) is 6.08. The standard InChI is InChI=1S/C22H24F2N6O2/c1-28-10-14(9-25-28)17-3-2-15(8-18(17)21(23)24)26-22-19-11-29(13-31)6-4-20(19)30(27-22)16-5-7-32-12-16/h2-3,8-10,13,16,21H,4-7,11-12H2,1H3,(H,26,27). The maximum Gasteiger partial charge on any atom is 0.264 e. The number of carbonyl (C=O) groups excluding carboxylic acids is 1. The summed E-state index contributed by atoms with van der Waals surface area (Å²) < 4.78 is 36.9. The number of halogens is 2. The number of anilines is 2. The van der Waals surface area contributed by atoms with Gasteiger partial charge in [-0.05, 0) is 24.1 Å². The number of nitrogens with zero attached hydrogens (tertiary/aromatic N) is 5. The van der Waals surface area contributed by atoms with Gasteiger partial charge in [0.1, 0.15) is 0 Å². The highest BCUT2D eigenvalue weighted by molar-refractivity contribution is 5.72. The van der Waals surface area contributed by atoms with Crippen molar-refractivity contribution in [1.82, 2.24) is 24.5 Å². The van der Waals surface area contributed by atoms with Gasteiger partial charge in [-0.25, -0.2) is 8.78 Å². The summed E-state index contributed by atoms with van der Waals surface area (Å²) in [6, 6.07) is 5.04. The van der Waals surface area contributed by atoms with Gasteiger partial charge in [0.15, 0.2) is 5.82 Å². The van der Waals surface area contributed by atoms with E-state index in [0.717, 1.165) is 24.1 Å². The van der Waals surface area contributed by atoms with Crippen LogP contribution in [0.3, 0.4) is 0 Å². The fourth-order valence-corrected chi connectivity index (χ4v) is 4.45. The second-order valence-corrected chi connectivity index (χ2v) is 8.19. The topological polar surface area (TPSA) is 77.2 Å². The van der Waals surface area contributed by atoms with Crippen molar-refractivity contribution in [2.45, 2.75) is 31.9 Å². The van der Waals surface area contributed by atoms with Gasteiger partial charge in [-0.15, -0.1) is 0 Å². The molecule has 8 nitrogen and oxygen atoms in total. The number of hydrogen-bond acceptors (Lipinski definition) is 5. The summed E-state index contributed by atoms with van der Waals surface area (Å²) in [5, 5.41) is 12.1. The molecule has 10 heteroatoms. The average Bonchev–Trinajstić information content (AvgIpc) is 3.54. The lowest BCUT2D eigenvalue weighted by molar-refractivity contribution is -0.118. The van der Waals surface area contributed by atoms with Crippen molar-refractivity contribution < 1.29 is 18.3 Å². The largest absolute Gasteiger partial charge is 0.379 e. The molecule has 2 aliphatic rings. The van der Waals surface area contributed by atoms with Gasteiger partial charge in [0, 0.05) is 60.9 Å². The average molecular weight is 442 g/mol. The first kappa shape index (κ1) is 20.6. The Kier molecular flexibility index (Phi) is 5.38. The Hall–Kier alpha value is -3.27. The van der Waals surface area contributed by atoms with E-state index >= 15 is 0 Å². The molecule has 1 atom stereocenters. The van der Waals surface area contributed by atoms with E-state index in [1.54, 1.807) is 41.2 Å². The first-order valence-electron chi connectivity index (χ1n) is 10.6. The first-order chi connectivity index (χ1) is 15.5. The van der Waals surface area contributed by atoms with Crippen molar-refractivity contribution >= 4 is 17.9 Å². The van der Waals surface area contributed by atoms with Crippen LogP contribution in [0, 0.1) is 0 Å². The van der Waals surface area contributed by atoms with E-state index < -0.39 is 6.43 Å². The number of nitrogens with one attached hydrogen (secondary N) is 1. The SMILES string of the molecule is Cn1cc(-c2ccc(Nc3nn(C4CCOC4)c4c3CN(C=O)CC4)cc2C(F)F)cn1. The Morgan fingerprint density at radius 1 is 1.34 bits per heavy atom. The van der Waals surface area contributed by atoms with Gasteiger partial charge in [0.25, 0.3) is 6.43 Å². The van der Waals surface area contributed by atoms with Crippen LogP contribution in [-0.2, 0) is 29.5 Å². The summed E-state index contributed by atoms with van der Waals surface area (Å²) in [6.45, 7) is 2.35. The maximum atomic E-state index is 13.9. The highest BCUT2D eigenvalue weighted by Gasteiger charge is 2.29. The van der Waals surface area contributed by atoms with Crippen molar-refractivity contribution in [3.63, 3.8) is 0 Å². The molecule has 3 aromatic rings. The molecule has 0 radical (unpaired) electrons. The zero-order chi connectivity index (χ0) is 22.2. The fraction of sp³-hybridized carbons (Fsp3) is 0.409. The minimum absolute atomic E-state index is 0.0741. The van der Waals surface area contributed by atoms with Crippen LogP contribution in [0.1, 0.15) is 35.7 Å². The number of ether oxygens (including phenoxy) is 1. The molecule has 2 aromatic heterocycles. The fourth-order valence-electron chi connectivity index (χ4n) is 4.45. The predicted molar refractivity (Wildman–Crippen MR) is 114 cm³/mol. The molecule has 0 spiro atoms. The van der Waals surface area contributed by atoms with Crippen molar-refractivity contribution in [2.24, 2.45) is 7.05 Å². The third-order valence-corrected chi connectivity index (χ3v) is 6.08. The zero-order valence-corrected chi connectivity index (χ0v) is 17.7. The molecule has 5 rings (SSSR count). The number of benzene rings is 1. The van der Waals surface area contributed by atoms with E-state index in [9.17, 15) is 13.6 Å². The van der Waals surface area contributed by atoms with Crippen molar-refractivity contribution in [3.05, 3.63) is 47.4 Å². The van der Waals surface area contributed by atoms with Crippen LogP contribution in [0.2, 0.25) is 0 Å². The molecule has 1 amide bonds. The van der Waals surface area contributed by atoms with Crippen LogP contribution >= 0.6 is 0 Å². The van der Waals surface area contributed by atoms with Crippen molar-refractivity contribution in [3.8, 4) is 11.1 Å². The molecule has 4 heterocycles. The number of carbonyl (C=O) groups is 1. The van der Waals surface area contributed by atoms with Gasteiger partial charge in [-0.3, -0.25) is 14.2 Å². The minimum atomic E-state index is -2.64. The lowest BCUT2D eigenvalue weighted by Crippen LogP contribution is -2.30. The van der Waals surface area contributed by atoms with Crippen LogP contribution in [0.25, 0.3) is 11.1 Å². The molecule has 2 aliphatic heterocycles. The maximum absolute atomic E-state index is 13.9. The number of aromatic nitrogens is 4. The number of aryl methyl sites for hydroxylation is 1. The van der Waals surface area contributed by atoms with Gasteiger partial charge in [0.05, 0.1) is 25.4 Å². The third kappa shape index (κ3) is 3.75. The number of rotatable bonds is 6. The summed E-state index contributed by atoms with van der Waals surface area (Å²) in [7, 11) is 1.75. The Labute approximate surface area is 183 Å². The molecule has 168 valence electrons. The van der Waals surface area contributed by atoms with Crippen LogP contribution < -0.4 is 5.32 Å². The van der Waals surface area contributed by atoms with Crippen molar-refractivity contribution in [2.75, 3.05) is 25.1 Å². The Morgan fingerprint density at radius 2 is 2.22 bits per heavy atom. The molecule has 0 aliphatic carbocycles. The molecular formula is C22H24F2N6O2. The molecule has 1 N–H and O–H groups in total. The lowest BCUT2D eigenvalue weighted by Gasteiger charge is -2.25. The number of alkyl halides is 2. The van der Waals surface area contributed by atoms with Gasteiger partial charge < -0.3 is 15.0 Å². The summed E-state index contributed by atoms with van der Waals surface area (Å²) >= 11 is 0. The Morgan fingerprint density at radius 3 is 2.91 bits per heavy atom. The molecule has 1 saturated heterocycles. The summed E-state index contributed by atoms with van der Waals surface area (Å²) in [5.41, 5.74) is 3.52. The predicted octanol–water partition coefficient (Wildman–Crippen LogP) is 3.44. The highest BCUT2D eigenvalue weighted by Crippen LogP contribution is 2.36. The number of hydrogen-bond donors (Lipinski definition) is 1. The molecule has 1 aromatic carbocycles. The van der Waals surface area contributed by atoms with Crippen LogP contribution in [0.15, 0.2) is 30.6 Å². The molecule has 0 saturated carbocycles. The van der Waals surface area contributed by atoms with E-state index in [0.29, 0.717) is 55.4 Å². The minimum Gasteiger partial charge on any atom is -0.379 e. The summed E-state index contributed by atoms with van der Waals surface area (Å²) in [6.07, 6.45) is 3.05. The van der Waals surface area contributed by atoms with Crippen molar-refractivity contribution in [1.29, 1.82) is 0 Å². The zero-order valence-electron chi connectivity index (χ0n) is 17.7. The molecule has 0 bridgehead atoms. The lowest BCUT2D eigenvalue weighted by atomic mass is 10.0. The smallest absolute Gasteiger partial charge is 0.264 e. The Bertz CT molecular complexity index is 1140. The first-order valence-corrected chi connectivity index (χ1v) is 10.6. The van der Waals surface area contributed by atoms with Gasteiger partial charge in [-0.2, -0.15) is 10.2 Å². The quantitative estimate of drug-likeness (QED) is 0.592. The second kappa shape index (κ2) is 8.34. The van der Waals surface area contributed by atoms with E-state index in [1.807, 2.05) is 4.68 Å². The van der Waals surface area contributed by atoms with E-state index in [-0.39, 0.29) is 11.6 Å². The van der Waals surface area contributed by atoms with Gasteiger partial charge in [-0.1, -0.05) is 6.07 Å². The number of amides is 1. The van der Waals surface area contributed by atoms with Crippen LogP contribution in [0.5, 0.6) is 0 Å². The van der Waals surface area contributed by atoms with Gasteiger partial charge in [0.2, 0.25) is 6.41 Å². The normalized spacial score (nSPS) is 18.2. The van der Waals surface area contributed by atoms with E-state index in [2.05, 4.69) is 10.4 Å². The van der Waals surface area contributed by atoms with Crippen LogP contribution in [0.4, 0.5) is 20.3 Å². The van der Waals surface area contributed by atoms with Crippen LogP contribution in [-0.4, -0.2) is 50.6 Å². The number of fused-ring (bicyclic) bond motifs is 1. The molecular weight excluding hydrogens is 418 g/mol. The molecule has 1 unspecified atom stereocenters. The Balaban J connectivity index is 1.50. The summed E-state index contributed by atoms with van der Waals surface area (Å²) in [4.78, 5) is 13.1. The summed E-state index contributed by atoms with van der Waals surface area (Å²) in [5.74, 6) is 0.591. The highest BCUT2D eigenvalue weighted by atomic mass is 19.3. The molecule has 32 heavy (non-hydrogen) atoms. The van der Waals surface area contributed by atoms with E-state index in [4.69, 9.17) is 9.84 Å². The van der Waals surface area contributed by atoms with E-state index in [1.165, 1.54) is 6.07 Å². The van der Waals surface area contributed by atoms with Gasteiger partial charge >= 0.3 is 0 Å². The monoisotopic (exact) mass is 442 g/mol. The second-order valence-electron chi connectivity index (χ2n) is 8.19. The molecule has 1 fully saturated rings.